The third-order valence-electron chi connectivity index (χ3n) is 2.66. The Labute approximate surface area is 134 Å². The highest BCUT2D eigenvalue weighted by Gasteiger charge is 2.14. The average molecular weight is 375 g/mol. The minimum Gasteiger partial charge on any atom is -0.455 e. The Hall–Kier alpha value is -1.17. The second-order valence-electron chi connectivity index (χ2n) is 4.11. The topological polar surface area (TPSA) is 35.2 Å². The highest BCUT2D eigenvalue weighted by Crippen LogP contribution is 2.36. The van der Waals surface area contributed by atoms with E-state index in [-0.39, 0.29) is 10.0 Å². The van der Waals surface area contributed by atoms with Gasteiger partial charge in [0, 0.05) is 6.07 Å². The summed E-state index contributed by atoms with van der Waals surface area (Å²) in [6.07, 6.45) is 0. The van der Waals surface area contributed by atoms with E-state index in [1.807, 2.05) is 19.1 Å². The number of nitrogens with two attached hydrogens (primary N) is 1. The van der Waals surface area contributed by atoms with Crippen LogP contribution in [0, 0.1) is 12.7 Å². The molecule has 2 N–H and O–H groups in total. The first-order valence-corrected chi connectivity index (χ1v) is 7.20. The molecule has 20 heavy (non-hydrogen) atoms. The predicted octanol–water partition coefficient (Wildman–Crippen LogP) is 4.98. The van der Waals surface area contributed by atoms with Crippen molar-refractivity contribution in [3.05, 3.63) is 56.8 Å². The van der Waals surface area contributed by atoms with Crippen LogP contribution in [0.5, 0.6) is 11.5 Å². The van der Waals surface area contributed by atoms with Crippen LogP contribution in [0.1, 0.15) is 11.1 Å². The summed E-state index contributed by atoms with van der Waals surface area (Å²) in [5, 5.41) is 0.0172. The summed E-state index contributed by atoms with van der Waals surface area (Å²) in [5.74, 6) is 0.247. The van der Waals surface area contributed by atoms with Crippen molar-refractivity contribution in [2.24, 2.45) is 5.73 Å². The summed E-state index contributed by atoms with van der Waals surface area (Å²) in [4.78, 5) is 0.217. The number of hydrogen-bond donors (Lipinski definition) is 1. The fourth-order valence-electron chi connectivity index (χ4n) is 1.67. The molecule has 0 heterocycles. The molecule has 0 fully saturated rings. The van der Waals surface area contributed by atoms with Crippen LogP contribution in [0.3, 0.4) is 0 Å². The van der Waals surface area contributed by atoms with Crippen LogP contribution < -0.4 is 10.5 Å². The summed E-state index contributed by atoms with van der Waals surface area (Å²) in [7, 11) is 0. The molecule has 0 aliphatic heterocycles. The van der Waals surface area contributed by atoms with Crippen molar-refractivity contribution in [2.45, 2.75) is 6.92 Å². The summed E-state index contributed by atoms with van der Waals surface area (Å²) in [6, 6.07) is 8.09. The molecule has 6 heteroatoms. The molecule has 2 nitrogen and oxygen atoms in total. The second-order valence-corrected chi connectivity index (χ2v) is 5.82. The van der Waals surface area contributed by atoms with Gasteiger partial charge in [0.15, 0.2) is 0 Å². The first-order chi connectivity index (χ1) is 9.40. The normalized spacial score (nSPS) is 10.4. The van der Waals surface area contributed by atoms with Crippen LogP contribution >= 0.6 is 39.7 Å². The number of halogens is 3. The maximum atomic E-state index is 13.5. The van der Waals surface area contributed by atoms with E-state index in [4.69, 9.17) is 34.3 Å². The van der Waals surface area contributed by atoms with Gasteiger partial charge in [0.05, 0.1) is 15.1 Å². The summed E-state index contributed by atoms with van der Waals surface area (Å²) in [5.41, 5.74) is 7.12. The van der Waals surface area contributed by atoms with Gasteiger partial charge in [-0.3, -0.25) is 0 Å². The molecule has 0 atom stereocenters. The van der Waals surface area contributed by atoms with Crippen LogP contribution in [0.4, 0.5) is 4.39 Å². The number of hydrogen-bond acceptors (Lipinski definition) is 2. The third kappa shape index (κ3) is 3.11. The molecule has 0 saturated heterocycles. The van der Waals surface area contributed by atoms with Gasteiger partial charge in [-0.15, -0.1) is 0 Å². The van der Waals surface area contributed by atoms with E-state index >= 15 is 0 Å². The highest BCUT2D eigenvalue weighted by molar-refractivity contribution is 9.10. The van der Waals surface area contributed by atoms with Crippen LogP contribution in [0.15, 0.2) is 34.8 Å². The molecule has 104 valence electrons. The number of para-hydroxylation sites is 1. The third-order valence-corrected chi connectivity index (χ3v) is 3.79. The van der Waals surface area contributed by atoms with Crippen molar-refractivity contribution in [3.63, 3.8) is 0 Å². The number of aryl methyl sites for hydroxylation is 1. The Kier molecular flexibility index (Phi) is 4.62. The average Bonchev–Trinajstić information content (AvgIpc) is 2.37. The fourth-order valence-corrected chi connectivity index (χ4v) is 2.55. The second kappa shape index (κ2) is 6.08. The quantitative estimate of drug-likeness (QED) is 0.608. The monoisotopic (exact) mass is 373 g/mol. The van der Waals surface area contributed by atoms with Gasteiger partial charge >= 0.3 is 0 Å². The maximum absolute atomic E-state index is 13.5. The molecule has 2 rings (SSSR count). The zero-order valence-corrected chi connectivity index (χ0v) is 13.6. The van der Waals surface area contributed by atoms with Crippen molar-refractivity contribution in [3.8, 4) is 11.5 Å². The molecular formula is C14H10BrClFNOS. The van der Waals surface area contributed by atoms with Gasteiger partial charge in [-0.2, -0.15) is 0 Å². The zero-order chi connectivity index (χ0) is 14.9. The van der Waals surface area contributed by atoms with Gasteiger partial charge in [-0.05, 0) is 40.5 Å². The van der Waals surface area contributed by atoms with Gasteiger partial charge < -0.3 is 10.5 Å². The maximum Gasteiger partial charge on any atom is 0.145 e. The van der Waals surface area contributed by atoms with E-state index in [2.05, 4.69) is 15.9 Å². The lowest BCUT2D eigenvalue weighted by molar-refractivity contribution is 0.469. The van der Waals surface area contributed by atoms with Gasteiger partial charge in [-0.25, -0.2) is 4.39 Å². The van der Waals surface area contributed by atoms with E-state index in [0.717, 1.165) is 5.56 Å². The van der Waals surface area contributed by atoms with Gasteiger partial charge in [0.2, 0.25) is 0 Å². The SMILES string of the molecule is Cc1cccc(C(N)=S)c1Oc1cc(F)c(Cl)cc1Br. The Morgan fingerprint density at radius 3 is 2.75 bits per heavy atom. The largest absolute Gasteiger partial charge is 0.455 e. The van der Waals surface area contributed by atoms with Crippen molar-refractivity contribution >= 4 is 44.7 Å². The first kappa shape index (κ1) is 15.2. The molecule has 2 aromatic rings. The van der Waals surface area contributed by atoms with Crippen molar-refractivity contribution in [1.29, 1.82) is 0 Å². The molecule has 0 aliphatic carbocycles. The zero-order valence-electron chi connectivity index (χ0n) is 10.4. The van der Waals surface area contributed by atoms with E-state index in [0.29, 0.717) is 21.5 Å². The Morgan fingerprint density at radius 1 is 1.40 bits per heavy atom. The van der Waals surface area contributed by atoms with Gasteiger partial charge in [0.1, 0.15) is 22.3 Å². The molecule has 0 aromatic heterocycles. The molecule has 0 aliphatic rings. The lowest BCUT2D eigenvalue weighted by Crippen LogP contribution is -2.11. The van der Waals surface area contributed by atoms with E-state index in [1.54, 1.807) is 6.07 Å². The van der Waals surface area contributed by atoms with Gasteiger partial charge in [0.25, 0.3) is 0 Å². The fraction of sp³-hybridized carbons (Fsp3) is 0.0714. The molecule has 2 aromatic carbocycles. The number of ether oxygens (including phenoxy) is 1. The van der Waals surface area contributed by atoms with Crippen molar-refractivity contribution in [1.82, 2.24) is 0 Å². The smallest absolute Gasteiger partial charge is 0.145 e. The minimum atomic E-state index is -0.560. The summed E-state index contributed by atoms with van der Waals surface area (Å²) < 4.78 is 19.8. The highest BCUT2D eigenvalue weighted by atomic mass is 79.9. The molecular weight excluding hydrogens is 365 g/mol. The summed E-state index contributed by atoms with van der Waals surface area (Å²) >= 11 is 14.0. The van der Waals surface area contributed by atoms with Crippen LogP contribution in [-0.4, -0.2) is 4.99 Å². The van der Waals surface area contributed by atoms with Crippen LogP contribution in [0.25, 0.3) is 0 Å². The summed E-state index contributed by atoms with van der Waals surface area (Å²) in [6.45, 7) is 1.86. The lowest BCUT2D eigenvalue weighted by Gasteiger charge is -2.14. The lowest BCUT2D eigenvalue weighted by atomic mass is 10.1. The van der Waals surface area contributed by atoms with Crippen molar-refractivity contribution in [2.75, 3.05) is 0 Å². The molecule has 0 radical (unpaired) electrons. The van der Waals surface area contributed by atoms with E-state index in [1.165, 1.54) is 12.1 Å². The van der Waals surface area contributed by atoms with E-state index in [9.17, 15) is 4.39 Å². The van der Waals surface area contributed by atoms with Crippen LogP contribution in [-0.2, 0) is 0 Å². The Bertz CT molecular complexity index is 693. The number of thiocarbonyl (C=S) groups is 1. The number of rotatable bonds is 3. The predicted molar refractivity (Wildman–Crippen MR) is 86.3 cm³/mol. The molecule has 0 spiro atoms. The molecule has 0 amide bonds. The first-order valence-electron chi connectivity index (χ1n) is 5.62. The van der Waals surface area contributed by atoms with Crippen LogP contribution in [0.2, 0.25) is 5.02 Å². The number of benzene rings is 2. The standard InChI is InChI=1S/C14H10BrClFNOS/c1-7-3-2-4-8(14(18)20)13(7)19-12-6-11(17)10(16)5-9(12)15/h2-6H,1H3,(H2,18,20). The molecule has 0 unspecified atom stereocenters. The van der Waals surface area contributed by atoms with E-state index < -0.39 is 5.82 Å². The minimum absolute atomic E-state index is 0.0172. The molecule has 0 bridgehead atoms. The Balaban J connectivity index is 2.50. The Morgan fingerprint density at radius 2 is 2.10 bits per heavy atom. The molecule has 0 saturated carbocycles. The van der Waals surface area contributed by atoms with Gasteiger partial charge in [-0.1, -0.05) is 36.0 Å². The van der Waals surface area contributed by atoms with Crippen molar-refractivity contribution < 1.29 is 9.13 Å².